The van der Waals surface area contributed by atoms with Crippen LogP contribution in [0.25, 0.3) is 0 Å². The van der Waals surface area contributed by atoms with E-state index in [0.29, 0.717) is 0 Å². The molecular formula is C23H23F4N3O5S. The summed E-state index contributed by atoms with van der Waals surface area (Å²) < 4.78 is 80.7. The molecule has 2 aromatic rings. The first kappa shape index (κ1) is 25.9. The second-order valence-corrected chi connectivity index (χ2v) is 12.0. The number of halogens is 4. The number of sulfone groups is 1. The average molecular weight is 530 g/mol. The summed E-state index contributed by atoms with van der Waals surface area (Å²) >= 11 is 0. The van der Waals surface area contributed by atoms with Crippen LogP contribution in [0, 0.1) is 5.82 Å². The molecule has 0 radical (unpaired) electrons. The highest BCUT2D eigenvalue weighted by atomic mass is 32.2. The Labute approximate surface area is 204 Å². The molecule has 1 fully saturated rings. The van der Waals surface area contributed by atoms with Crippen LogP contribution in [0.4, 0.5) is 28.9 Å². The summed E-state index contributed by atoms with van der Waals surface area (Å²) in [6, 6.07) is 3.21. The minimum absolute atomic E-state index is 0.0732. The highest BCUT2D eigenvalue weighted by Gasteiger charge is 2.47. The van der Waals surface area contributed by atoms with Crippen LogP contribution >= 0.6 is 0 Å². The molecule has 4 rings (SSSR count). The fraction of sp³-hybridized carbons (Fsp3) is 0.435. The van der Waals surface area contributed by atoms with Crippen molar-refractivity contribution in [2.75, 3.05) is 16.4 Å². The van der Waals surface area contributed by atoms with Crippen molar-refractivity contribution in [3.63, 3.8) is 0 Å². The topological polar surface area (TPSA) is 106 Å². The zero-order valence-electron chi connectivity index (χ0n) is 19.6. The van der Waals surface area contributed by atoms with Crippen molar-refractivity contribution in [2.24, 2.45) is 0 Å². The van der Waals surface area contributed by atoms with Crippen LogP contribution in [0.15, 0.2) is 30.6 Å². The number of hydrogen-bond donors (Lipinski definition) is 1. The number of fused-ring (bicyclic) bond motifs is 1. The fourth-order valence-electron chi connectivity index (χ4n) is 4.36. The first-order chi connectivity index (χ1) is 16.5. The lowest BCUT2D eigenvalue weighted by Gasteiger charge is -2.34. The number of carbonyl (C=O) groups excluding carboxylic acids is 2. The van der Waals surface area contributed by atoms with E-state index in [1.165, 1.54) is 19.9 Å². The number of pyridine rings is 1. The van der Waals surface area contributed by atoms with Gasteiger partial charge < -0.3 is 10.1 Å². The summed E-state index contributed by atoms with van der Waals surface area (Å²) in [4.78, 5) is 30.8. The van der Waals surface area contributed by atoms with Crippen LogP contribution < -0.4 is 15.0 Å². The zero-order chi connectivity index (χ0) is 26.7. The fourth-order valence-corrected chi connectivity index (χ4v) is 6.08. The monoisotopic (exact) mass is 529 g/mol. The number of hydrogen-bond acceptors (Lipinski definition) is 6. The average Bonchev–Trinajstić information content (AvgIpc) is 2.96. The predicted octanol–water partition coefficient (Wildman–Crippen LogP) is 3.77. The number of amides is 2. The standard InChI is InChI=1S/C23H23F4N3O5S/c1-21(2)16-8-13(19(31)29-22(3)4-6-36(33,34)7-5-22)9-17(24)18(16)30(20(21)32)14-10-15(12-28-11-14)35-23(25,26)27/h8-12H,4-7H2,1-3H3,(H,29,31). The lowest BCUT2D eigenvalue weighted by atomic mass is 9.85. The van der Waals surface area contributed by atoms with Crippen LogP contribution in [0.2, 0.25) is 0 Å². The summed E-state index contributed by atoms with van der Waals surface area (Å²) in [7, 11) is -3.17. The Bertz CT molecular complexity index is 1340. The van der Waals surface area contributed by atoms with E-state index in [0.717, 1.165) is 29.4 Å². The highest BCUT2D eigenvalue weighted by Crippen LogP contribution is 2.47. The van der Waals surface area contributed by atoms with Crippen molar-refractivity contribution in [2.45, 2.75) is 50.9 Å². The van der Waals surface area contributed by atoms with Gasteiger partial charge in [-0.05, 0) is 51.3 Å². The molecule has 2 amide bonds. The van der Waals surface area contributed by atoms with Gasteiger partial charge in [0, 0.05) is 17.2 Å². The van der Waals surface area contributed by atoms with Crippen LogP contribution in [0.5, 0.6) is 5.75 Å². The maximum Gasteiger partial charge on any atom is 0.573 e. The molecule has 1 saturated heterocycles. The van der Waals surface area contributed by atoms with E-state index in [1.807, 2.05) is 0 Å². The summed E-state index contributed by atoms with van der Waals surface area (Å²) in [5, 5.41) is 2.78. The van der Waals surface area contributed by atoms with Gasteiger partial charge in [0.15, 0.2) is 0 Å². The first-order valence-corrected chi connectivity index (χ1v) is 12.8. The SMILES string of the molecule is CC1(NC(=O)c2cc(F)c3c(c2)C(C)(C)C(=O)N3c2cncc(OC(F)(F)F)c2)CCS(=O)(=O)CC1. The van der Waals surface area contributed by atoms with Crippen molar-refractivity contribution < 1.29 is 40.3 Å². The number of rotatable bonds is 4. The molecule has 13 heteroatoms. The Morgan fingerprint density at radius 3 is 2.36 bits per heavy atom. The molecule has 0 unspecified atom stereocenters. The number of alkyl halides is 3. The number of carbonyl (C=O) groups is 2. The molecule has 36 heavy (non-hydrogen) atoms. The molecule has 0 spiro atoms. The molecule has 194 valence electrons. The predicted molar refractivity (Wildman–Crippen MR) is 121 cm³/mol. The molecule has 2 aliphatic heterocycles. The van der Waals surface area contributed by atoms with E-state index in [-0.39, 0.29) is 46.8 Å². The Morgan fingerprint density at radius 2 is 1.75 bits per heavy atom. The van der Waals surface area contributed by atoms with Crippen molar-refractivity contribution in [3.8, 4) is 5.75 Å². The molecule has 3 heterocycles. The summed E-state index contributed by atoms with van der Waals surface area (Å²) in [6.07, 6.45) is -2.67. The van der Waals surface area contributed by atoms with Gasteiger partial charge in [-0.3, -0.25) is 19.5 Å². The van der Waals surface area contributed by atoms with Crippen LogP contribution in [0.3, 0.4) is 0 Å². The number of nitrogens with zero attached hydrogens (tertiary/aromatic N) is 2. The molecule has 0 aliphatic carbocycles. The maximum absolute atomic E-state index is 15.4. The van der Waals surface area contributed by atoms with E-state index in [2.05, 4.69) is 15.0 Å². The molecule has 1 aromatic heterocycles. The molecule has 8 nitrogen and oxygen atoms in total. The summed E-state index contributed by atoms with van der Waals surface area (Å²) in [5.74, 6) is -3.05. The van der Waals surface area contributed by atoms with Crippen molar-refractivity contribution >= 4 is 33.0 Å². The van der Waals surface area contributed by atoms with E-state index in [1.54, 1.807) is 6.92 Å². The van der Waals surface area contributed by atoms with Gasteiger partial charge >= 0.3 is 6.36 Å². The molecule has 2 aliphatic rings. The second-order valence-electron chi connectivity index (χ2n) is 9.71. The van der Waals surface area contributed by atoms with Gasteiger partial charge in [0.25, 0.3) is 5.91 Å². The van der Waals surface area contributed by atoms with Gasteiger partial charge in [-0.25, -0.2) is 12.8 Å². The van der Waals surface area contributed by atoms with Crippen molar-refractivity contribution in [3.05, 3.63) is 47.5 Å². The van der Waals surface area contributed by atoms with E-state index in [9.17, 15) is 31.2 Å². The normalized spacial score (nSPS) is 20.1. The van der Waals surface area contributed by atoms with Crippen LogP contribution in [-0.4, -0.2) is 48.6 Å². The number of ether oxygens (including phenoxy) is 1. The third kappa shape index (κ3) is 4.88. The summed E-state index contributed by atoms with van der Waals surface area (Å²) in [5.41, 5.74) is -2.38. The smallest absolute Gasteiger partial charge is 0.404 e. The Morgan fingerprint density at radius 1 is 1.11 bits per heavy atom. The van der Waals surface area contributed by atoms with E-state index < -0.39 is 50.5 Å². The van der Waals surface area contributed by atoms with Gasteiger partial charge in [-0.15, -0.1) is 13.2 Å². The summed E-state index contributed by atoms with van der Waals surface area (Å²) in [6.45, 7) is 4.72. The van der Waals surface area contributed by atoms with Gasteiger partial charge in [0.1, 0.15) is 21.4 Å². The van der Waals surface area contributed by atoms with E-state index >= 15 is 4.39 Å². The van der Waals surface area contributed by atoms with Crippen molar-refractivity contribution in [1.82, 2.24) is 10.3 Å². The number of aromatic nitrogens is 1. The first-order valence-electron chi connectivity index (χ1n) is 10.9. The zero-order valence-corrected chi connectivity index (χ0v) is 20.4. The van der Waals surface area contributed by atoms with Gasteiger partial charge in [0.2, 0.25) is 5.91 Å². The maximum atomic E-state index is 15.4. The van der Waals surface area contributed by atoms with Gasteiger partial charge in [-0.2, -0.15) is 0 Å². The lowest BCUT2D eigenvalue weighted by molar-refractivity contribution is -0.274. The minimum Gasteiger partial charge on any atom is -0.404 e. The number of anilines is 2. The highest BCUT2D eigenvalue weighted by molar-refractivity contribution is 7.91. The van der Waals surface area contributed by atoms with Crippen LogP contribution in [0.1, 0.15) is 49.5 Å². The van der Waals surface area contributed by atoms with Crippen LogP contribution in [-0.2, 0) is 20.0 Å². The third-order valence-corrected chi connectivity index (χ3v) is 8.15. The second kappa shape index (κ2) is 8.43. The molecular weight excluding hydrogens is 506 g/mol. The number of benzene rings is 1. The quantitative estimate of drug-likeness (QED) is 0.605. The molecule has 0 atom stereocenters. The van der Waals surface area contributed by atoms with E-state index in [4.69, 9.17) is 0 Å². The van der Waals surface area contributed by atoms with Gasteiger partial charge in [0.05, 0.1) is 40.7 Å². The largest absolute Gasteiger partial charge is 0.573 e. The number of nitrogens with one attached hydrogen (secondary N) is 1. The lowest BCUT2D eigenvalue weighted by Crippen LogP contribution is -2.51. The minimum atomic E-state index is -4.99. The van der Waals surface area contributed by atoms with Crippen molar-refractivity contribution in [1.29, 1.82) is 0 Å². The molecule has 1 aromatic carbocycles. The molecule has 0 bridgehead atoms. The Hall–Kier alpha value is -3.22. The Balaban J connectivity index is 1.69. The molecule has 1 N–H and O–H groups in total. The molecule has 0 saturated carbocycles. The van der Waals surface area contributed by atoms with Gasteiger partial charge in [-0.1, -0.05) is 0 Å². The Kier molecular flexibility index (Phi) is 6.05. The third-order valence-electron chi connectivity index (χ3n) is 6.50.